The normalized spacial score (nSPS) is 10.9. The number of alkyl halides is 1. The molecule has 2 heteroatoms. The fraction of sp³-hybridized carbons (Fsp3) is 0.120. The minimum Gasteiger partial charge on any atom is -0.0988 e. The number of benzene rings is 3. The van der Waals surface area contributed by atoms with Crippen molar-refractivity contribution in [1.82, 2.24) is 0 Å². The van der Waals surface area contributed by atoms with Gasteiger partial charge in [0.15, 0.2) is 0 Å². The molecule has 0 spiro atoms. The minimum atomic E-state index is -0.446. The van der Waals surface area contributed by atoms with Crippen LogP contribution >= 0.6 is 30.5 Å². The summed E-state index contributed by atoms with van der Waals surface area (Å²) < 4.78 is 1.20. The van der Waals surface area contributed by atoms with Crippen LogP contribution in [0.2, 0.25) is 0 Å². The van der Waals surface area contributed by atoms with Crippen molar-refractivity contribution in [3.63, 3.8) is 0 Å². The third kappa shape index (κ3) is 7.44. The smallest absolute Gasteiger partial charge is 0.00301 e. The molecule has 3 rings (SSSR count). The van der Waals surface area contributed by atoms with Crippen LogP contribution in [0.4, 0.5) is 0 Å². The molecule has 0 unspecified atom stereocenters. The van der Waals surface area contributed by atoms with Gasteiger partial charge in [-0.1, -0.05) is 138 Å². The maximum atomic E-state index is 3.64. The largest absolute Gasteiger partial charge is 0.0988 e. The second-order valence-corrected chi connectivity index (χ2v) is 9.27. The molecule has 0 aliphatic heterocycles. The van der Waals surface area contributed by atoms with E-state index in [1.54, 1.807) is 0 Å². The van der Waals surface area contributed by atoms with E-state index in [2.05, 4.69) is 133 Å². The van der Waals surface area contributed by atoms with Gasteiger partial charge in [0.2, 0.25) is 0 Å². The van der Waals surface area contributed by atoms with Crippen LogP contribution in [0, 0.1) is 0 Å². The molecule has 0 nitrogen and oxygen atoms in total. The molecule has 0 heterocycles. The lowest BCUT2D eigenvalue weighted by Gasteiger charge is -2.18. The SMILES string of the molecule is C=C/C(C)=C/CCI.c1ccc(P(c2ccccc2)c2ccccc2)cc1. The highest BCUT2D eigenvalue weighted by molar-refractivity contribution is 14.1. The third-order valence-electron chi connectivity index (χ3n) is 3.94. The number of allylic oxidation sites excluding steroid dienone is 3. The first-order chi connectivity index (χ1) is 13.3. The van der Waals surface area contributed by atoms with Gasteiger partial charge in [-0.05, 0) is 37.2 Å². The van der Waals surface area contributed by atoms with Crippen LogP contribution in [0.15, 0.2) is 115 Å². The zero-order chi connectivity index (χ0) is 19.3. The Morgan fingerprint density at radius 3 is 1.44 bits per heavy atom. The summed E-state index contributed by atoms with van der Waals surface area (Å²) in [6, 6.07) is 32.3. The highest BCUT2D eigenvalue weighted by Gasteiger charge is 2.14. The van der Waals surface area contributed by atoms with Crippen molar-refractivity contribution in [3.8, 4) is 0 Å². The van der Waals surface area contributed by atoms with Gasteiger partial charge in [-0.2, -0.15) is 0 Å². The molecule has 0 aliphatic carbocycles. The maximum Gasteiger partial charge on any atom is 0.00301 e. The van der Waals surface area contributed by atoms with Crippen LogP contribution in [0.3, 0.4) is 0 Å². The molecule has 0 aromatic heterocycles. The summed E-state index contributed by atoms with van der Waals surface area (Å²) in [5, 5.41) is 4.19. The lowest BCUT2D eigenvalue weighted by atomic mass is 10.2. The zero-order valence-electron chi connectivity index (χ0n) is 15.8. The van der Waals surface area contributed by atoms with Gasteiger partial charge in [0, 0.05) is 4.43 Å². The van der Waals surface area contributed by atoms with E-state index < -0.39 is 7.92 Å². The Morgan fingerprint density at radius 1 is 0.778 bits per heavy atom. The average molecular weight is 484 g/mol. The molecule has 0 aliphatic rings. The second-order valence-electron chi connectivity index (χ2n) is 5.97. The van der Waals surface area contributed by atoms with Crippen LogP contribution in [-0.4, -0.2) is 4.43 Å². The Labute approximate surface area is 178 Å². The van der Waals surface area contributed by atoms with E-state index in [-0.39, 0.29) is 0 Å². The predicted molar refractivity (Wildman–Crippen MR) is 133 cm³/mol. The average Bonchev–Trinajstić information content (AvgIpc) is 2.75. The van der Waals surface area contributed by atoms with Crippen molar-refractivity contribution in [3.05, 3.63) is 115 Å². The van der Waals surface area contributed by atoms with Gasteiger partial charge in [0.25, 0.3) is 0 Å². The lowest BCUT2D eigenvalue weighted by molar-refractivity contribution is 1.24. The predicted octanol–water partition coefficient (Wildman–Crippen LogP) is 6.39. The molecule has 0 fully saturated rings. The number of hydrogen-bond acceptors (Lipinski definition) is 0. The Balaban J connectivity index is 0.000000279. The Morgan fingerprint density at radius 2 is 1.15 bits per heavy atom. The van der Waals surface area contributed by atoms with Gasteiger partial charge in [0.1, 0.15) is 0 Å². The monoisotopic (exact) mass is 484 g/mol. The molecule has 138 valence electrons. The van der Waals surface area contributed by atoms with Crippen LogP contribution in [-0.2, 0) is 0 Å². The molecule has 0 saturated carbocycles. The van der Waals surface area contributed by atoms with Crippen molar-refractivity contribution in [2.75, 3.05) is 4.43 Å². The first kappa shape index (κ1) is 21.6. The van der Waals surface area contributed by atoms with Crippen LogP contribution < -0.4 is 15.9 Å². The van der Waals surface area contributed by atoms with Crippen molar-refractivity contribution < 1.29 is 0 Å². The number of rotatable bonds is 6. The Hall–Kier alpha value is -1.70. The fourth-order valence-electron chi connectivity index (χ4n) is 2.54. The van der Waals surface area contributed by atoms with E-state index in [4.69, 9.17) is 0 Å². The summed E-state index contributed by atoms with van der Waals surface area (Å²) in [6.07, 6.45) is 5.24. The molecular weight excluding hydrogens is 458 g/mol. The molecule has 3 aromatic rings. The van der Waals surface area contributed by atoms with Gasteiger partial charge >= 0.3 is 0 Å². The standard InChI is InChI=1S/C18H15P.C7H11I/c1-4-10-16(11-5-1)19(17-12-6-2-7-13-17)18-14-8-3-9-15-18;1-3-7(2)5-4-6-8/h1-15H;3,5H,1,4,6H2,2H3/b;7-5+. The van der Waals surface area contributed by atoms with Gasteiger partial charge in [-0.3, -0.25) is 0 Å². The molecule has 0 bridgehead atoms. The van der Waals surface area contributed by atoms with Crippen molar-refractivity contribution in [1.29, 1.82) is 0 Å². The summed E-state index contributed by atoms with van der Waals surface area (Å²) >= 11 is 2.36. The van der Waals surface area contributed by atoms with Gasteiger partial charge in [-0.15, -0.1) is 0 Å². The molecule has 0 saturated heterocycles. The van der Waals surface area contributed by atoms with E-state index >= 15 is 0 Å². The van der Waals surface area contributed by atoms with Gasteiger partial charge < -0.3 is 0 Å². The molecule has 27 heavy (non-hydrogen) atoms. The highest BCUT2D eigenvalue weighted by Crippen LogP contribution is 2.32. The van der Waals surface area contributed by atoms with Crippen LogP contribution in [0.5, 0.6) is 0 Å². The number of halogens is 1. The third-order valence-corrected chi connectivity index (χ3v) is 7.01. The maximum absolute atomic E-state index is 3.64. The topological polar surface area (TPSA) is 0 Å². The summed E-state index contributed by atoms with van der Waals surface area (Å²) in [4.78, 5) is 0. The minimum absolute atomic E-state index is 0.446. The summed E-state index contributed by atoms with van der Waals surface area (Å²) in [5.41, 5.74) is 1.28. The van der Waals surface area contributed by atoms with Crippen LogP contribution in [0.25, 0.3) is 0 Å². The van der Waals surface area contributed by atoms with Gasteiger partial charge in [0.05, 0.1) is 0 Å². The molecule has 0 N–H and O–H groups in total. The van der Waals surface area contributed by atoms with Crippen LogP contribution in [0.1, 0.15) is 13.3 Å². The molecular formula is C25H26IP. The summed E-state index contributed by atoms with van der Waals surface area (Å²) in [5.74, 6) is 0. The molecule has 0 amide bonds. The highest BCUT2D eigenvalue weighted by atomic mass is 127. The van der Waals surface area contributed by atoms with E-state index in [1.807, 2.05) is 6.08 Å². The first-order valence-corrected chi connectivity index (χ1v) is 11.9. The molecule has 3 aromatic carbocycles. The van der Waals surface area contributed by atoms with E-state index in [9.17, 15) is 0 Å². The van der Waals surface area contributed by atoms with E-state index in [1.165, 1.54) is 32.3 Å². The lowest BCUT2D eigenvalue weighted by Crippen LogP contribution is -2.20. The zero-order valence-corrected chi connectivity index (χ0v) is 18.8. The summed E-state index contributed by atoms with van der Waals surface area (Å²) in [6.45, 7) is 5.71. The second kappa shape index (κ2) is 12.6. The van der Waals surface area contributed by atoms with Crippen molar-refractivity contribution >= 4 is 46.4 Å². The first-order valence-electron chi connectivity index (χ1n) is 9.06. The van der Waals surface area contributed by atoms with E-state index in [0.717, 1.165) is 0 Å². The summed E-state index contributed by atoms with van der Waals surface area (Å²) in [7, 11) is -0.446. The van der Waals surface area contributed by atoms with Crippen molar-refractivity contribution in [2.24, 2.45) is 0 Å². The van der Waals surface area contributed by atoms with Gasteiger partial charge in [-0.25, -0.2) is 0 Å². The molecule has 0 atom stereocenters. The molecule has 0 radical (unpaired) electrons. The quantitative estimate of drug-likeness (QED) is 0.165. The van der Waals surface area contributed by atoms with E-state index in [0.29, 0.717) is 0 Å². The fourth-order valence-corrected chi connectivity index (χ4v) is 5.16. The Kier molecular flexibility index (Phi) is 10.1. The Bertz CT molecular complexity index is 717. The van der Waals surface area contributed by atoms with Crippen molar-refractivity contribution in [2.45, 2.75) is 13.3 Å². The number of hydrogen-bond donors (Lipinski definition) is 0.